The van der Waals surface area contributed by atoms with Gasteiger partial charge in [-0.3, -0.25) is 4.98 Å². The van der Waals surface area contributed by atoms with Gasteiger partial charge < -0.3 is 4.90 Å². The minimum atomic E-state index is 0.568. The van der Waals surface area contributed by atoms with Crippen molar-refractivity contribution in [3.8, 4) is 0 Å². The van der Waals surface area contributed by atoms with Gasteiger partial charge in [-0.05, 0) is 37.3 Å². The molecule has 1 heterocycles. The van der Waals surface area contributed by atoms with Gasteiger partial charge in [0.05, 0.1) is 11.9 Å². The summed E-state index contributed by atoms with van der Waals surface area (Å²) in [6.07, 6.45) is 7.93. The van der Waals surface area contributed by atoms with Gasteiger partial charge in [0.2, 0.25) is 0 Å². The molecule has 3 heteroatoms. The van der Waals surface area contributed by atoms with Crippen LogP contribution in [0.3, 0.4) is 0 Å². The first kappa shape index (κ1) is 11.7. The molecule has 1 aromatic heterocycles. The lowest BCUT2D eigenvalue weighted by Crippen LogP contribution is -2.33. The fraction of sp³-hybridized carbons (Fsp3) is 0.615. The molecule has 88 valence electrons. The molecule has 1 fully saturated rings. The summed E-state index contributed by atoms with van der Waals surface area (Å²) in [5, 5.41) is 0. The molecule has 0 amide bonds. The molecule has 1 aromatic rings. The molecule has 0 atom stereocenters. The quantitative estimate of drug-likeness (QED) is 0.731. The van der Waals surface area contributed by atoms with Gasteiger partial charge in [0.1, 0.15) is 0 Å². The predicted octanol–water partition coefficient (Wildman–Crippen LogP) is 3.45. The highest BCUT2D eigenvalue weighted by Crippen LogP contribution is 2.30. The van der Waals surface area contributed by atoms with Gasteiger partial charge in [-0.1, -0.05) is 6.42 Å². The summed E-state index contributed by atoms with van der Waals surface area (Å²) in [5.41, 5.74) is 2.41. The Kier molecular flexibility index (Phi) is 4.05. The van der Waals surface area contributed by atoms with Crippen LogP contribution in [0, 0.1) is 5.92 Å². The minimum absolute atomic E-state index is 0.568. The van der Waals surface area contributed by atoms with E-state index in [9.17, 15) is 0 Å². The molecule has 0 N–H and O–H groups in total. The van der Waals surface area contributed by atoms with Gasteiger partial charge in [0.25, 0.3) is 0 Å². The summed E-state index contributed by atoms with van der Waals surface area (Å²) in [4.78, 5) is 6.62. The molecule has 16 heavy (non-hydrogen) atoms. The smallest absolute Gasteiger partial charge is 0.0597 e. The molecule has 0 spiro atoms. The van der Waals surface area contributed by atoms with Crippen LogP contribution in [0.1, 0.15) is 31.7 Å². The van der Waals surface area contributed by atoms with Crippen molar-refractivity contribution in [1.29, 1.82) is 0 Å². The Hall–Kier alpha value is -0.760. The van der Waals surface area contributed by atoms with Crippen molar-refractivity contribution >= 4 is 17.3 Å². The fourth-order valence-corrected chi connectivity index (χ4v) is 2.42. The average molecular weight is 239 g/mol. The zero-order valence-electron chi connectivity index (χ0n) is 9.82. The van der Waals surface area contributed by atoms with Crippen molar-refractivity contribution in [2.24, 2.45) is 5.92 Å². The van der Waals surface area contributed by atoms with Crippen LogP contribution in [-0.4, -0.2) is 18.1 Å². The Bertz CT molecular complexity index is 336. The van der Waals surface area contributed by atoms with Gasteiger partial charge in [-0.25, -0.2) is 0 Å². The minimum Gasteiger partial charge on any atom is -0.370 e. The van der Waals surface area contributed by atoms with Gasteiger partial charge >= 0.3 is 0 Å². The van der Waals surface area contributed by atoms with E-state index in [4.69, 9.17) is 11.6 Å². The highest BCUT2D eigenvalue weighted by molar-refractivity contribution is 6.17. The summed E-state index contributed by atoms with van der Waals surface area (Å²) < 4.78 is 0. The number of alkyl halides is 1. The summed E-state index contributed by atoms with van der Waals surface area (Å²) in [6, 6.07) is 2.02. The first-order chi connectivity index (χ1) is 7.85. The maximum atomic E-state index is 5.96. The van der Waals surface area contributed by atoms with Crippen molar-refractivity contribution in [2.45, 2.75) is 32.1 Å². The van der Waals surface area contributed by atoms with Gasteiger partial charge in [-0.2, -0.15) is 0 Å². The molecule has 0 radical (unpaired) electrons. The third-order valence-corrected chi connectivity index (χ3v) is 3.75. The van der Waals surface area contributed by atoms with E-state index < -0.39 is 0 Å². The van der Waals surface area contributed by atoms with Crippen LogP contribution in [0.4, 0.5) is 5.69 Å². The highest BCUT2D eigenvalue weighted by Gasteiger charge is 2.21. The monoisotopic (exact) mass is 238 g/mol. The summed E-state index contributed by atoms with van der Waals surface area (Å²) in [6.45, 7) is 4.39. The maximum Gasteiger partial charge on any atom is 0.0597 e. The van der Waals surface area contributed by atoms with E-state index in [0.717, 1.165) is 19.0 Å². The Morgan fingerprint density at radius 1 is 1.50 bits per heavy atom. The normalized spacial score (nSPS) is 15.9. The standard InChI is InChI=1S/C13H19ClN2/c1-2-16(10-11-4-3-5-11)13-9-15-7-6-12(13)8-14/h6-7,9,11H,2-5,8,10H2,1H3. The lowest BCUT2D eigenvalue weighted by molar-refractivity contribution is 0.318. The number of nitrogens with zero attached hydrogens (tertiary/aromatic N) is 2. The number of pyridine rings is 1. The Balaban J connectivity index is 2.11. The van der Waals surface area contributed by atoms with Gasteiger partial charge in [0.15, 0.2) is 0 Å². The summed E-state index contributed by atoms with van der Waals surface area (Å²) >= 11 is 5.96. The van der Waals surface area contributed by atoms with E-state index >= 15 is 0 Å². The third-order valence-electron chi connectivity index (χ3n) is 3.46. The first-order valence-electron chi connectivity index (χ1n) is 6.09. The SMILES string of the molecule is CCN(CC1CCC1)c1cnccc1CCl. The van der Waals surface area contributed by atoms with Crippen molar-refractivity contribution in [3.63, 3.8) is 0 Å². The molecule has 1 saturated carbocycles. The molecule has 1 aliphatic rings. The van der Waals surface area contributed by atoms with Crippen LogP contribution in [0.5, 0.6) is 0 Å². The van der Waals surface area contributed by atoms with Crippen LogP contribution in [-0.2, 0) is 5.88 Å². The lowest BCUT2D eigenvalue weighted by Gasteiger charge is -2.33. The molecule has 0 bridgehead atoms. The molecule has 2 rings (SSSR count). The topological polar surface area (TPSA) is 16.1 Å². The number of rotatable bonds is 5. The van der Waals surface area contributed by atoms with E-state index in [2.05, 4.69) is 16.8 Å². The van der Waals surface area contributed by atoms with E-state index in [1.165, 1.54) is 30.5 Å². The van der Waals surface area contributed by atoms with E-state index in [0.29, 0.717) is 5.88 Å². The third kappa shape index (κ3) is 2.49. The second-order valence-electron chi connectivity index (χ2n) is 4.47. The van der Waals surface area contributed by atoms with Crippen LogP contribution < -0.4 is 4.90 Å². The van der Waals surface area contributed by atoms with Crippen LogP contribution in [0.25, 0.3) is 0 Å². The Morgan fingerprint density at radius 3 is 2.88 bits per heavy atom. The molecule has 0 saturated heterocycles. The van der Waals surface area contributed by atoms with Crippen LogP contribution >= 0.6 is 11.6 Å². The zero-order chi connectivity index (χ0) is 11.4. The first-order valence-corrected chi connectivity index (χ1v) is 6.62. The maximum absolute atomic E-state index is 5.96. The second-order valence-corrected chi connectivity index (χ2v) is 4.74. The molecule has 2 nitrogen and oxygen atoms in total. The summed E-state index contributed by atoms with van der Waals surface area (Å²) in [5.74, 6) is 1.45. The second kappa shape index (κ2) is 5.53. The average Bonchev–Trinajstić information content (AvgIpc) is 2.28. The van der Waals surface area contributed by atoms with Gasteiger partial charge in [-0.15, -0.1) is 11.6 Å². The van der Waals surface area contributed by atoms with Crippen molar-refractivity contribution in [3.05, 3.63) is 24.0 Å². The van der Waals surface area contributed by atoms with E-state index in [1.54, 1.807) is 0 Å². The van der Waals surface area contributed by atoms with Crippen LogP contribution in [0.2, 0.25) is 0 Å². The molecular weight excluding hydrogens is 220 g/mol. The van der Waals surface area contributed by atoms with E-state index in [-0.39, 0.29) is 0 Å². The van der Waals surface area contributed by atoms with Gasteiger partial charge in [0, 0.05) is 25.2 Å². The zero-order valence-corrected chi connectivity index (χ0v) is 10.6. The largest absolute Gasteiger partial charge is 0.370 e. The Morgan fingerprint density at radius 2 is 2.31 bits per heavy atom. The molecule has 0 unspecified atom stereocenters. The van der Waals surface area contributed by atoms with Crippen molar-refractivity contribution in [1.82, 2.24) is 4.98 Å². The fourth-order valence-electron chi connectivity index (χ4n) is 2.20. The number of anilines is 1. The molecule has 1 aliphatic carbocycles. The molecule has 0 aromatic carbocycles. The predicted molar refractivity (Wildman–Crippen MR) is 69.0 cm³/mol. The number of aromatic nitrogens is 1. The number of hydrogen-bond donors (Lipinski definition) is 0. The van der Waals surface area contributed by atoms with Crippen molar-refractivity contribution < 1.29 is 0 Å². The lowest BCUT2D eigenvalue weighted by atomic mass is 9.85. The van der Waals surface area contributed by atoms with Crippen molar-refractivity contribution in [2.75, 3.05) is 18.0 Å². The highest BCUT2D eigenvalue weighted by atomic mass is 35.5. The number of hydrogen-bond acceptors (Lipinski definition) is 2. The Labute approximate surface area is 103 Å². The number of halogens is 1. The summed E-state index contributed by atoms with van der Waals surface area (Å²) in [7, 11) is 0. The molecule has 0 aliphatic heterocycles. The molecular formula is C13H19ClN2. The van der Waals surface area contributed by atoms with Crippen LogP contribution in [0.15, 0.2) is 18.5 Å². The van der Waals surface area contributed by atoms with E-state index in [1.807, 2.05) is 18.5 Å².